The van der Waals surface area contributed by atoms with Crippen molar-refractivity contribution in [3.63, 3.8) is 0 Å². The van der Waals surface area contributed by atoms with Gasteiger partial charge in [0.05, 0.1) is 34.5 Å². The van der Waals surface area contributed by atoms with Gasteiger partial charge in [0.1, 0.15) is 11.2 Å². The number of furan rings is 1. The zero-order chi connectivity index (χ0) is 53.8. The van der Waals surface area contributed by atoms with Gasteiger partial charge in [0, 0.05) is 60.5 Å². The molecule has 64 heavy (non-hydrogen) atoms. The van der Waals surface area contributed by atoms with E-state index in [0.717, 1.165) is 60.9 Å². The van der Waals surface area contributed by atoms with Crippen LogP contribution in [-0.2, 0) is 5.41 Å². The highest BCUT2D eigenvalue weighted by Gasteiger charge is 2.37. The van der Waals surface area contributed by atoms with Gasteiger partial charge in [-0.15, -0.1) is 0 Å². The summed E-state index contributed by atoms with van der Waals surface area (Å²) in [6, 6.07) is 39.0. The third-order valence-electron chi connectivity index (χ3n) is 12.8. The largest absolute Gasteiger partial charge is 0.455 e. The molecule has 12 aromatic rings. The standard InChI is InChI=1S/C61H42N2O/c1-61(2)53-23-8-5-20-52(53)58-54(61)24-13-27-57(58)62(44-35-30-41(31-36-44)47-21-12-22-50-51-37-32-40-14-3-4-17-46(40)60(51)64-59(47)50)43-33-28-39(29-34-43)42-15-11-16-45(38-42)63-55-25-9-6-18-48(55)49-19-7-10-26-56(49)63/h3-38H,1-2H3/i3D,4D,12D,14D,17D,21D,22D,30D,31D,32D,35D,36D,37D. The number of hydrogen-bond donors (Lipinski definition) is 0. The monoisotopic (exact) mass is 831 g/mol. The summed E-state index contributed by atoms with van der Waals surface area (Å²) in [7, 11) is 0. The van der Waals surface area contributed by atoms with E-state index in [1.54, 1.807) is 4.90 Å². The van der Waals surface area contributed by atoms with E-state index < -0.39 is 89.5 Å². The van der Waals surface area contributed by atoms with Crippen molar-refractivity contribution in [2.45, 2.75) is 19.3 Å². The zero-order valence-corrected chi connectivity index (χ0v) is 34.6. The molecule has 3 heteroatoms. The lowest BCUT2D eigenvalue weighted by Gasteiger charge is -2.29. The smallest absolute Gasteiger partial charge is 0.143 e. The SMILES string of the molecule is [2H]c1c([2H])c(N(c2ccc(-c3cccc(-n4c5ccccc5c5ccccc54)c3)cc2)c2cccc3c2-c2ccccc2C3(C)C)c([2H])c([2H])c1-c1c([2H])c([2H])c([2H])c2c1oc1c3c([2H])c([2H])c([2H])c([2H])c3c([2H])c([2H])c12. The quantitative estimate of drug-likeness (QED) is 0.166. The average Bonchev–Trinajstić information content (AvgIpc) is 4.32. The molecule has 302 valence electrons. The summed E-state index contributed by atoms with van der Waals surface area (Å²) in [4.78, 5) is 1.74. The average molecular weight is 832 g/mol. The van der Waals surface area contributed by atoms with Crippen LogP contribution in [0.4, 0.5) is 17.1 Å². The first-order chi connectivity index (χ1) is 36.9. The summed E-state index contributed by atoms with van der Waals surface area (Å²) in [6.07, 6.45) is 0. The van der Waals surface area contributed by atoms with Gasteiger partial charge in [0.25, 0.3) is 0 Å². The zero-order valence-electron chi connectivity index (χ0n) is 47.6. The summed E-state index contributed by atoms with van der Waals surface area (Å²) >= 11 is 0. The summed E-state index contributed by atoms with van der Waals surface area (Å²) in [5.41, 5.74) is 7.93. The van der Waals surface area contributed by atoms with Crippen LogP contribution in [0.3, 0.4) is 0 Å². The number of para-hydroxylation sites is 3. The maximum atomic E-state index is 9.95. The van der Waals surface area contributed by atoms with Gasteiger partial charge in [0.15, 0.2) is 0 Å². The molecule has 2 heterocycles. The Bertz CT molecular complexity index is 4520. The lowest BCUT2D eigenvalue weighted by Crippen LogP contribution is -2.16. The van der Waals surface area contributed by atoms with E-state index in [2.05, 4.69) is 66.9 Å². The predicted molar refractivity (Wildman–Crippen MR) is 269 cm³/mol. The van der Waals surface area contributed by atoms with E-state index in [4.69, 9.17) is 15.4 Å². The van der Waals surface area contributed by atoms with Crippen LogP contribution in [0.5, 0.6) is 0 Å². The molecular weight excluding hydrogens is 777 g/mol. The number of benzene rings is 10. The number of fused-ring (bicyclic) bond motifs is 11. The molecule has 0 N–H and O–H groups in total. The van der Waals surface area contributed by atoms with Crippen LogP contribution >= 0.6 is 0 Å². The Morgan fingerprint density at radius 3 is 1.97 bits per heavy atom. The van der Waals surface area contributed by atoms with Crippen LogP contribution in [0.15, 0.2) is 222 Å². The summed E-state index contributed by atoms with van der Waals surface area (Å²) < 4.78 is 128. The first kappa shape index (κ1) is 25.7. The number of aromatic nitrogens is 1. The van der Waals surface area contributed by atoms with Gasteiger partial charge in [-0.05, 0) is 99.4 Å². The van der Waals surface area contributed by atoms with Crippen LogP contribution in [0.25, 0.3) is 93.6 Å². The Labute approximate surface area is 390 Å². The first-order valence-corrected chi connectivity index (χ1v) is 21.1. The molecule has 0 amide bonds. The number of anilines is 3. The number of hydrogen-bond acceptors (Lipinski definition) is 2. The Morgan fingerprint density at radius 2 is 1.16 bits per heavy atom. The Balaban J connectivity index is 1.03. The summed E-state index contributed by atoms with van der Waals surface area (Å²) in [5.74, 6) is 0. The van der Waals surface area contributed by atoms with E-state index in [0.29, 0.717) is 11.4 Å². The minimum atomic E-state index is -0.680. The van der Waals surface area contributed by atoms with Crippen LogP contribution in [0.1, 0.15) is 42.8 Å². The summed E-state index contributed by atoms with van der Waals surface area (Å²) in [6.45, 7) is 4.29. The molecule has 10 aromatic carbocycles. The molecule has 0 saturated heterocycles. The van der Waals surface area contributed by atoms with Crippen molar-refractivity contribution < 1.29 is 22.2 Å². The molecule has 0 fully saturated rings. The molecule has 0 atom stereocenters. The molecule has 0 bridgehead atoms. The topological polar surface area (TPSA) is 21.3 Å². The predicted octanol–water partition coefficient (Wildman–Crippen LogP) is 16.9. The van der Waals surface area contributed by atoms with E-state index in [1.807, 2.05) is 91.0 Å². The fraction of sp³-hybridized carbons (Fsp3) is 0.0492. The molecule has 0 spiro atoms. The number of nitrogens with zero attached hydrogens (tertiary/aromatic N) is 2. The van der Waals surface area contributed by atoms with Crippen molar-refractivity contribution in [3.05, 3.63) is 229 Å². The minimum absolute atomic E-state index is 0.106. The molecule has 0 radical (unpaired) electrons. The van der Waals surface area contributed by atoms with Crippen LogP contribution in [-0.4, -0.2) is 4.57 Å². The van der Waals surface area contributed by atoms with Crippen molar-refractivity contribution in [2.75, 3.05) is 4.90 Å². The second kappa shape index (κ2) is 13.9. The third-order valence-corrected chi connectivity index (χ3v) is 12.8. The Morgan fingerprint density at radius 1 is 0.469 bits per heavy atom. The van der Waals surface area contributed by atoms with Crippen molar-refractivity contribution in [2.24, 2.45) is 0 Å². The second-order valence-electron chi connectivity index (χ2n) is 16.7. The van der Waals surface area contributed by atoms with Crippen LogP contribution in [0, 0.1) is 0 Å². The fourth-order valence-electron chi connectivity index (χ4n) is 9.79. The van der Waals surface area contributed by atoms with Crippen molar-refractivity contribution in [1.82, 2.24) is 4.57 Å². The van der Waals surface area contributed by atoms with Gasteiger partial charge in [-0.1, -0.05) is 171 Å². The van der Waals surface area contributed by atoms with Crippen molar-refractivity contribution >= 4 is 71.6 Å². The highest BCUT2D eigenvalue weighted by molar-refractivity contribution is 6.17. The van der Waals surface area contributed by atoms with Gasteiger partial charge >= 0.3 is 0 Å². The molecule has 1 aliphatic carbocycles. The molecular formula is C61H42N2O. The second-order valence-corrected chi connectivity index (χ2v) is 16.7. The van der Waals surface area contributed by atoms with E-state index >= 15 is 0 Å². The van der Waals surface area contributed by atoms with E-state index in [9.17, 15) is 6.85 Å². The van der Waals surface area contributed by atoms with Gasteiger partial charge in [-0.2, -0.15) is 0 Å². The molecule has 2 aromatic heterocycles. The lowest BCUT2D eigenvalue weighted by molar-refractivity contribution is 0.660. The third kappa shape index (κ3) is 5.41. The molecule has 0 aliphatic heterocycles. The molecule has 0 unspecified atom stereocenters. The Hall–Kier alpha value is -8.14. The van der Waals surface area contributed by atoms with E-state index in [-0.39, 0.29) is 44.0 Å². The highest BCUT2D eigenvalue weighted by atomic mass is 16.3. The molecule has 1 aliphatic rings. The maximum Gasteiger partial charge on any atom is 0.143 e. The maximum absolute atomic E-state index is 9.95. The molecule has 3 nitrogen and oxygen atoms in total. The van der Waals surface area contributed by atoms with E-state index in [1.165, 1.54) is 0 Å². The van der Waals surface area contributed by atoms with Gasteiger partial charge < -0.3 is 13.9 Å². The molecule has 0 saturated carbocycles. The lowest BCUT2D eigenvalue weighted by atomic mass is 9.82. The highest BCUT2D eigenvalue weighted by Crippen LogP contribution is 2.54. The normalized spacial score (nSPS) is 15.8. The van der Waals surface area contributed by atoms with Crippen molar-refractivity contribution in [1.29, 1.82) is 0 Å². The minimum Gasteiger partial charge on any atom is -0.455 e. The van der Waals surface area contributed by atoms with Crippen LogP contribution < -0.4 is 4.90 Å². The molecule has 13 rings (SSSR count). The van der Waals surface area contributed by atoms with Crippen LogP contribution in [0.2, 0.25) is 0 Å². The fourth-order valence-corrected chi connectivity index (χ4v) is 9.79. The first-order valence-electron chi connectivity index (χ1n) is 27.6. The van der Waals surface area contributed by atoms with Gasteiger partial charge in [-0.25, -0.2) is 0 Å². The number of rotatable bonds is 6. The van der Waals surface area contributed by atoms with Gasteiger partial charge in [0.2, 0.25) is 0 Å². The van der Waals surface area contributed by atoms with Gasteiger partial charge in [-0.3, -0.25) is 0 Å². The van der Waals surface area contributed by atoms with Crippen molar-refractivity contribution in [3.8, 4) is 39.1 Å². The Kier molecular flexibility index (Phi) is 5.60. The summed E-state index contributed by atoms with van der Waals surface area (Å²) in [5, 5.41) is 1.28.